The Bertz CT molecular complexity index is 284. The van der Waals surface area contributed by atoms with Crippen LogP contribution in [-0.4, -0.2) is 19.8 Å². The molecule has 2 unspecified atom stereocenters. The average molecular weight is 221 g/mol. The molecule has 0 aliphatic rings. The third kappa shape index (κ3) is 3.95. The zero-order valence-corrected chi connectivity index (χ0v) is 10.7. The second-order valence-corrected chi connectivity index (χ2v) is 4.61. The van der Waals surface area contributed by atoms with Crippen LogP contribution in [0.2, 0.25) is 0 Å². The molecular weight excluding hydrogens is 198 g/mol. The summed E-state index contributed by atoms with van der Waals surface area (Å²) in [6.45, 7) is 7.27. The Balaban J connectivity index is 2.60. The van der Waals surface area contributed by atoms with Gasteiger partial charge in [0.1, 0.15) is 0 Å². The van der Waals surface area contributed by atoms with Gasteiger partial charge in [-0.05, 0) is 25.5 Å². The predicted molar refractivity (Wildman–Crippen MR) is 68.5 cm³/mol. The first-order chi connectivity index (χ1) is 7.65. The largest absolute Gasteiger partial charge is 0.376 e. The molecular formula is C14H23NO. The van der Waals surface area contributed by atoms with Crippen LogP contribution in [0.15, 0.2) is 30.3 Å². The molecule has 0 saturated heterocycles. The first kappa shape index (κ1) is 13.2. The minimum absolute atomic E-state index is 0.190. The maximum Gasteiger partial charge on any atom is 0.0741 e. The van der Waals surface area contributed by atoms with Gasteiger partial charge in [0.15, 0.2) is 0 Å². The number of hydrogen-bond donors (Lipinski definition) is 1. The normalized spacial score (nSPS) is 15.1. The van der Waals surface area contributed by atoms with Gasteiger partial charge in [0.05, 0.1) is 12.1 Å². The van der Waals surface area contributed by atoms with E-state index in [9.17, 15) is 0 Å². The Morgan fingerprint density at radius 2 is 1.75 bits per heavy atom. The van der Waals surface area contributed by atoms with E-state index < -0.39 is 0 Å². The van der Waals surface area contributed by atoms with Crippen LogP contribution in [0.3, 0.4) is 0 Å². The zero-order chi connectivity index (χ0) is 12.0. The fourth-order valence-electron chi connectivity index (χ4n) is 1.77. The predicted octanol–water partition coefficient (Wildman–Crippen LogP) is 3.01. The van der Waals surface area contributed by atoms with Crippen LogP contribution >= 0.6 is 0 Å². The topological polar surface area (TPSA) is 21.3 Å². The number of rotatable bonds is 6. The molecule has 0 heterocycles. The van der Waals surface area contributed by atoms with E-state index in [4.69, 9.17) is 4.74 Å². The van der Waals surface area contributed by atoms with E-state index in [0.717, 1.165) is 6.61 Å². The Labute approximate surface area is 99.0 Å². The van der Waals surface area contributed by atoms with Crippen LogP contribution < -0.4 is 5.32 Å². The van der Waals surface area contributed by atoms with E-state index >= 15 is 0 Å². The fraction of sp³-hybridized carbons (Fsp3) is 0.571. The van der Waals surface area contributed by atoms with Crippen molar-refractivity contribution < 1.29 is 4.74 Å². The number of hydrogen-bond acceptors (Lipinski definition) is 2. The number of benzene rings is 1. The number of likely N-dealkylation sites (N-methyl/N-ethyl adjacent to an activating group) is 1. The van der Waals surface area contributed by atoms with Crippen LogP contribution in [0.5, 0.6) is 0 Å². The third-order valence-electron chi connectivity index (χ3n) is 2.63. The van der Waals surface area contributed by atoms with Crippen molar-refractivity contribution in [1.29, 1.82) is 0 Å². The van der Waals surface area contributed by atoms with Crippen molar-refractivity contribution in [3.63, 3.8) is 0 Å². The number of nitrogens with one attached hydrogen (secondary N) is 1. The molecule has 1 aromatic rings. The SMILES string of the molecule is CNC(c1ccccc1)C(C)OCC(C)C. The molecule has 1 aromatic carbocycles. The molecule has 2 atom stereocenters. The lowest BCUT2D eigenvalue weighted by molar-refractivity contribution is 0.0245. The summed E-state index contributed by atoms with van der Waals surface area (Å²) in [5.41, 5.74) is 1.28. The Hall–Kier alpha value is -0.860. The minimum Gasteiger partial charge on any atom is -0.376 e. The van der Waals surface area contributed by atoms with Crippen LogP contribution in [0, 0.1) is 5.92 Å². The van der Waals surface area contributed by atoms with E-state index in [1.807, 2.05) is 13.1 Å². The molecule has 0 spiro atoms. The molecule has 2 nitrogen and oxygen atoms in total. The Morgan fingerprint density at radius 1 is 1.12 bits per heavy atom. The quantitative estimate of drug-likeness (QED) is 0.797. The summed E-state index contributed by atoms with van der Waals surface area (Å²) in [5, 5.41) is 3.32. The highest BCUT2D eigenvalue weighted by Gasteiger charge is 2.17. The first-order valence-electron chi connectivity index (χ1n) is 5.99. The van der Waals surface area contributed by atoms with Crippen LogP contribution in [-0.2, 0) is 4.74 Å². The number of ether oxygens (including phenoxy) is 1. The van der Waals surface area contributed by atoms with Gasteiger partial charge in [-0.3, -0.25) is 0 Å². The van der Waals surface area contributed by atoms with Gasteiger partial charge < -0.3 is 10.1 Å². The molecule has 0 radical (unpaired) electrons. The van der Waals surface area contributed by atoms with Crippen molar-refractivity contribution >= 4 is 0 Å². The van der Waals surface area contributed by atoms with Crippen molar-refractivity contribution in [3.05, 3.63) is 35.9 Å². The lowest BCUT2D eigenvalue weighted by Gasteiger charge is -2.25. The van der Waals surface area contributed by atoms with Gasteiger partial charge in [0, 0.05) is 6.61 Å². The summed E-state index contributed by atoms with van der Waals surface area (Å²) >= 11 is 0. The Morgan fingerprint density at radius 3 is 2.25 bits per heavy atom. The highest BCUT2D eigenvalue weighted by molar-refractivity contribution is 5.19. The van der Waals surface area contributed by atoms with Gasteiger partial charge in [-0.15, -0.1) is 0 Å². The average Bonchev–Trinajstić information content (AvgIpc) is 2.29. The maximum absolute atomic E-state index is 5.85. The van der Waals surface area contributed by atoms with E-state index in [1.165, 1.54) is 5.56 Å². The lowest BCUT2D eigenvalue weighted by Crippen LogP contribution is -2.30. The third-order valence-corrected chi connectivity index (χ3v) is 2.63. The smallest absolute Gasteiger partial charge is 0.0741 e. The summed E-state index contributed by atoms with van der Waals surface area (Å²) in [6, 6.07) is 10.7. The van der Waals surface area contributed by atoms with Gasteiger partial charge in [-0.2, -0.15) is 0 Å². The Kier molecular flexibility index (Phi) is 5.50. The second kappa shape index (κ2) is 6.66. The molecule has 0 aliphatic heterocycles. The van der Waals surface area contributed by atoms with Crippen molar-refractivity contribution in [3.8, 4) is 0 Å². The van der Waals surface area contributed by atoms with Gasteiger partial charge in [-0.1, -0.05) is 44.2 Å². The summed E-state index contributed by atoms with van der Waals surface area (Å²) < 4.78 is 5.85. The van der Waals surface area contributed by atoms with Gasteiger partial charge >= 0.3 is 0 Å². The maximum atomic E-state index is 5.85. The molecule has 0 amide bonds. The molecule has 0 fully saturated rings. The molecule has 90 valence electrons. The van der Waals surface area contributed by atoms with Gasteiger partial charge in [0.25, 0.3) is 0 Å². The van der Waals surface area contributed by atoms with Crippen LogP contribution in [0.1, 0.15) is 32.4 Å². The van der Waals surface area contributed by atoms with Crippen LogP contribution in [0.4, 0.5) is 0 Å². The van der Waals surface area contributed by atoms with Gasteiger partial charge in [-0.25, -0.2) is 0 Å². The van der Waals surface area contributed by atoms with E-state index in [2.05, 4.69) is 50.4 Å². The molecule has 1 N–H and O–H groups in total. The highest BCUT2D eigenvalue weighted by Crippen LogP contribution is 2.18. The summed E-state index contributed by atoms with van der Waals surface area (Å²) in [7, 11) is 1.98. The van der Waals surface area contributed by atoms with Crippen LogP contribution in [0.25, 0.3) is 0 Å². The second-order valence-electron chi connectivity index (χ2n) is 4.61. The van der Waals surface area contributed by atoms with E-state index in [-0.39, 0.29) is 12.1 Å². The lowest BCUT2D eigenvalue weighted by atomic mass is 10.0. The standard InChI is InChI=1S/C14H23NO/c1-11(2)10-16-12(3)14(15-4)13-8-6-5-7-9-13/h5-9,11-12,14-15H,10H2,1-4H3. The van der Waals surface area contributed by atoms with Crippen molar-refractivity contribution in [2.45, 2.75) is 32.9 Å². The molecule has 0 saturated carbocycles. The summed E-state index contributed by atoms with van der Waals surface area (Å²) in [4.78, 5) is 0. The van der Waals surface area contributed by atoms with Crippen molar-refractivity contribution in [2.75, 3.05) is 13.7 Å². The summed E-state index contributed by atoms with van der Waals surface area (Å²) in [6.07, 6.45) is 0.190. The van der Waals surface area contributed by atoms with Crippen molar-refractivity contribution in [1.82, 2.24) is 5.32 Å². The highest BCUT2D eigenvalue weighted by atomic mass is 16.5. The zero-order valence-electron chi connectivity index (χ0n) is 10.7. The molecule has 1 rings (SSSR count). The van der Waals surface area contributed by atoms with Gasteiger partial charge in [0.2, 0.25) is 0 Å². The van der Waals surface area contributed by atoms with Crippen molar-refractivity contribution in [2.24, 2.45) is 5.92 Å². The molecule has 2 heteroatoms. The fourth-order valence-corrected chi connectivity index (χ4v) is 1.77. The summed E-state index contributed by atoms with van der Waals surface area (Å²) in [5.74, 6) is 0.579. The minimum atomic E-state index is 0.190. The molecule has 0 aromatic heterocycles. The van der Waals surface area contributed by atoms with E-state index in [1.54, 1.807) is 0 Å². The molecule has 0 aliphatic carbocycles. The first-order valence-corrected chi connectivity index (χ1v) is 5.99. The molecule has 0 bridgehead atoms. The molecule has 16 heavy (non-hydrogen) atoms. The van der Waals surface area contributed by atoms with E-state index in [0.29, 0.717) is 5.92 Å². The monoisotopic (exact) mass is 221 g/mol.